The van der Waals surface area contributed by atoms with Crippen molar-refractivity contribution in [1.29, 1.82) is 0 Å². The molecule has 0 aliphatic carbocycles. The van der Waals surface area contributed by atoms with Gasteiger partial charge in [0.2, 0.25) is 0 Å². The van der Waals surface area contributed by atoms with E-state index in [2.05, 4.69) is 226 Å². The normalized spacial score (nSPS) is 13.4. The van der Waals surface area contributed by atoms with Gasteiger partial charge in [-0.1, -0.05) is 130 Å². The van der Waals surface area contributed by atoms with E-state index in [0.717, 1.165) is 50.4 Å². The largest absolute Gasteiger partial charge is 0.509 e. The molecule has 0 amide bonds. The number of hydrogen-bond donors (Lipinski definition) is 0. The SMILES string of the molecule is Cc1cc2c(cc1C)N(c1cc(C(C)(C)C)cc(C(C)(C)C)c1)[CH-]N2c1[c-]c(Oc2[c-]c3c(cc2)c2cc(C(C)(C)c4ccccc4)ccc2n3-c2cc(C(C)(C)C)ccn2)ccc1.[Pt]. The number of fused-ring (bicyclic) bond motifs is 4. The van der Waals surface area contributed by atoms with Gasteiger partial charge in [0.1, 0.15) is 5.82 Å². The van der Waals surface area contributed by atoms with E-state index < -0.39 is 0 Å². The van der Waals surface area contributed by atoms with Crippen LogP contribution in [-0.2, 0) is 42.7 Å². The average molecular weight is 1040 g/mol. The van der Waals surface area contributed by atoms with Crippen LogP contribution in [0.2, 0.25) is 0 Å². The summed E-state index contributed by atoms with van der Waals surface area (Å²) in [6.45, 7) is 31.6. The minimum Gasteiger partial charge on any atom is -0.509 e. The van der Waals surface area contributed by atoms with Gasteiger partial charge >= 0.3 is 0 Å². The Hall–Kier alpha value is -5.64. The van der Waals surface area contributed by atoms with Gasteiger partial charge in [-0.3, -0.25) is 0 Å². The number of nitrogens with zero attached hydrogens (tertiary/aromatic N) is 4. The van der Waals surface area contributed by atoms with E-state index in [1.165, 1.54) is 38.9 Å². The summed E-state index contributed by atoms with van der Waals surface area (Å²) >= 11 is 0. The van der Waals surface area contributed by atoms with Gasteiger partial charge in [0.05, 0.1) is 0 Å². The molecule has 0 saturated carbocycles. The summed E-state index contributed by atoms with van der Waals surface area (Å²) < 4.78 is 8.97. The summed E-state index contributed by atoms with van der Waals surface area (Å²) in [4.78, 5) is 9.53. The molecule has 5 nitrogen and oxygen atoms in total. The summed E-state index contributed by atoms with van der Waals surface area (Å²) in [6, 6.07) is 51.3. The van der Waals surface area contributed by atoms with Gasteiger partial charge in [0, 0.05) is 66.8 Å². The molecule has 0 bridgehead atoms. The van der Waals surface area contributed by atoms with Crippen LogP contribution >= 0.6 is 0 Å². The van der Waals surface area contributed by atoms with E-state index in [4.69, 9.17) is 9.72 Å². The van der Waals surface area contributed by atoms with Gasteiger partial charge in [-0.2, -0.15) is 12.1 Å². The summed E-state index contributed by atoms with van der Waals surface area (Å²) in [6.07, 6.45) is 1.92. The number of hydrogen-bond acceptors (Lipinski definition) is 4. The molecule has 0 unspecified atom stereocenters. The van der Waals surface area contributed by atoms with Crippen molar-refractivity contribution in [2.75, 3.05) is 9.80 Å². The maximum absolute atomic E-state index is 6.74. The van der Waals surface area contributed by atoms with Crippen LogP contribution in [0, 0.1) is 32.6 Å². The molecule has 0 saturated heterocycles. The average Bonchev–Trinajstić information content (AvgIpc) is 3.78. The molecule has 1 aliphatic heterocycles. The maximum atomic E-state index is 6.74. The smallest absolute Gasteiger partial charge is 0.135 e. The van der Waals surface area contributed by atoms with Crippen molar-refractivity contribution in [2.24, 2.45) is 0 Å². The first-order valence-corrected chi connectivity index (χ1v) is 22.6. The van der Waals surface area contributed by atoms with Gasteiger partial charge in [-0.25, -0.2) is 4.98 Å². The molecule has 2 aromatic heterocycles. The third-order valence-electron chi connectivity index (χ3n) is 13.2. The predicted octanol–water partition coefficient (Wildman–Crippen LogP) is 15.8. The van der Waals surface area contributed by atoms with Crippen molar-refractivity contribution in [2.45, 2.75) is 112 Å². The Morgan fingerprint density at radius 2 is 1.15 bits per heavy atom. The topological polar surface area (TPSA) is 33.5 Å². The van der Waals surface area contributed by atoms with E-state index >= 15 is 0 Å². The van der Waals surface area contributed by atoms with E-state index in [1.807, 2.05) is 24.4 Å². The van der Waals surface area contributed by atoms with Crippen LogP contribution < -0.4 is 14.5 Å². The fourth-order valence-electron chi connectivity index (χ4n) is 8.82. The molecular weight excluding hydrogens is 976 g/mol. The number of pyridine rings is 1. The van der Waals surface area contributed by atoms with Gasteiger partial charge in [-0.05, 0) is 117 Å². The van der Waals surface area contributed by atoms with Crippen LogP contribution in [0.25, 0.3) is 27.6 Å². The Morgan fingerprint density at radius 1 is 0.523 bits per heavy atom. The first-order chi connectivity index (χ1) is 30.2. The van der Waals surface area contributed by atoms with Crippen molar-refractivity contribution in [1.82, 2.24) is 9.55 Å². The molecule has 0 fully saturated rings. The molecule has 6 heteroatoms. The molecule has 3 heterocycles. The molecule has 0 N–H and O–H groups in total. The molecule has 9 rings (SSSR count). The summed E-state index contributed by atoms with van der Waals surface area (Å²) in [5, 5.41) is 2.24. The van der Waals surface area contributed by atoms with Crippen LogP contribution in [0.1, 0.15) is 115 Å². The van der Waals surface area contributed by atoms with Crippen molar-refractivity contribution in [3.05, 3.63) is 185 Å². The number of aromatic nitrogens is 2. The summed E-state index contributed by atoms with van der Waals surface area (Å²) in [5.74, 6) is 2.07. The minimum atomic E-state index is -0.199. The second-order valence-electron chi connectivity index (χ2n) is 21.3. The maximum Gasteiger partial charge on any atom is 0.135 e. The molecule has 1 aliphatic rings. The minimum absolute atomic E-state index is 0. The van der Waals surface area contributed by atoms with Crippen LogP contribution in [-0.4, -0.2) is 9.55 Å². The zero-order valence-corrected chi connectivity index (χ0v) is 42.5. The molecule has 8 aromatic rings. The van der Waals surface area contributed by atoms with E-state index in [0.29, 0.717) is 11.5 Å². The third kappa shape index (κ3) is 8.65. The third-order valence-corrected chi connectivity index (χ3v) is 13.2. The Balaban J connectivity index is 0.00000576. The zero-order valence-electron chi connectivity index (χ0n) is 40.2. The van der Waals surface area contributed by atoms with Crippen LogP contribution in [0.15, 0.2) is 128 Å². The number of ether oxygens (including phenoxy) is 1. The monoisotopic (exact) mass is 1040 g/mol. The Labute approximate surface area is 401 Å². The molecular formula is C59H61N4OPt-3. The van der Waals surface area contributed by atoms with E-state index in [1.54, 1.807) is 0 Å². The van der Waals surface area contributed by atoms with Crippen molar-refractivity contribution in [3.8, 4) is 17.3 Å². The zero-order chi connectivity index (χ0) is 45.5. The summed E-state index contributed by atoms with van der Waals surface area (Å²) in [7, 11) is 0. The quantitative estimate of drug-likeness (QED) is 0.149. The van der Waals surface area contributed by atoms with E-state index in [-0.39, 0.29) is 42.7 Å². The first kappa shape index (κ1) is 45.9. The van der Waals surface area contributed by atoms with Gasteiger partial charge in [0.15, 0.2) is 0 Å². The van der Waals surface area contributed by atoms with Crippen molar-refractivity contribution in [3.63, 3.8) is 0 Å². The molecule has 0 atom stereocenters. The molecule has 0 spiro atoms. The van der Waals surface area contributed by atoms with Crippen LogP contribution in [0.5, 0.6) is 11.5 Å². The first-order valence-electron chi connectivity index (χ1n) is 22.6. The van der Waals surface area contributed by atoms with Crippen LogP contribution in [0.3, 0.4) is 0 Å². The van der Waals surface area contributed by atoms with Gasteiger partial charge in [0.25, 0.3) is 0 Å². The van der Waals surface area contributed by atoms with E-state index in [9.17, 15) is 0 Å². The second kappa shape index (κ2) is 16.7. The second-order valence-corrected chi connectivity index (χ2v) is 21.3. The van der Waals surface area contributed by atoms with Crippen molar-refractivity contribution >= 4 is 44.6 Å². The predicted molar refractivity (Wildman–Crippen MR) is 268 cm³/mol. The van der Waals surface area contributed by atoms with Crippen molar-refractivity contribution < 1.29 is 25.8 Å². The number of benzene rings is 6. The molecule has 65 heavy (non-hydrogen) atoms. The Morgan fingerprint density at radius 3 is 1.80 bits per heavy atom. The fraction of sp³-hybridized carbons (Fsp3) is 0.288. The standard InChI is InChI=1S/C59H61N4O.Pt/c1-38-28-53-54(29-39(38)2)62(46-31-43(57(6,7)8)30-44(32-46)58(9,10)11)37-61(53)45-20-17-21-47(35-45)64-48-23-24-49-50-33-42(59(12,13)40-18-15-14-16-19-40)22-25-51(50)63(52(49)36-48)55-34-41(26-27-60-55)56(3,4)5;/h14-34,37H,1-13H3;/q-3;. The number of rotatable bonds is 7. The number of anilines is 4. The van der Waals surface area contributed by atoms with Gasteiger partial charge in [-0.15, -0.1) is 48.1 Å². The molecule has 6 aromatic carbocycles. The fourth-order valence-corrected chi connectivity index (χ4v) is 8.82. The van der Waals surface area contributed by atoms with Crippen LogP contribution in [0.4, 0.5) is 22.7 Å². The Bertz CT molecular complexity index is 3040. The molecule has 0 radical (unpaired) electrons. The molecule has 336 valence electrons. The summed E-state index contributed by atoms with van der Waals surface area (Å²) in [5.41, 5.74) is 14.9. The number of aryl methyl sites for hydroxylation is 2. The Kier molecular flexibility index (Phi) is 11.8. The van der Waals surface area contributed by atoms with Gasteiger partial charge < -0.3 is 19.1 Å².